The Balaban J connectivity index is 2.20. The third kappa shape index (κ3) is 2.10. The van der Waals surface area contributed by atoms with Crippen LogP contribution in [-0.4, -0.2) is 32.6 Å². The van der Waals surface area contributed by atoms with Crippen LogP contribution in [0.1, 0.15) is 12.1 Å². The van der Waals surface area contributed by atoms with Crippen molar-refractivity contribution in [2.45, 2.75) is 13.3 Å². The fourth-order valence-electron chi connectivity index (χ4n) is 1.50. The molecule has 0 fully saturated rings. The van der Waals surface area contributed by atoms with Crippen LogP contribution in [0.25, 0.3) is 11.0 Å². The van der Waals surface area contributed by atoms with E-state index in [1.165, 1.54) is 6.33 Å². The summed E-state index contributed by atoms with van der Waals surface area (Å²) in [6.07, 6.45) is 1.51. The molecular formula is C10H12N4O2. The number of aryl methyl sites for hydroxylation is 1. The average molecular weight is 220 g/mol. The lowest BCUT2D eigenvalue weighted by atomic mass is 10.3. The van der Waals surface area contributed by atoms with E-state index in [2.05, 4.69) is 20.3 Å². The van der Waals surface area contributed by atoms with Crippen LogP contribution >= 0.6 is 0 Å². The lowest BCUT2D eigenvalue weighted by Gasteiger charge is -2.03. The van der Waals surface area contributed by atoms with E-state index in [4.69, 9.17) is 5.11 Å². The van der Waals surface area contributed by atoms with Gasteiger partial charge in [-0.05, 0) is 13.0 Å². The number of fused-ring (bicyclic) bond motifs is 1. The van der Waals surface area contributed by atoms with Gasteiger partial charge in [-0.15, -0.1) is 0 Å². The Labute approximate surface area is 91.7 Å². The van der Waals surface area contributed by atoms with Crippen molar-refractivity contribution in [2.24, 2.45) is 0 Å². The first-order chi connectivity index (χ1) is 7.66. The Bertz CT molecular complexity index is 521. The maximum atomic E-state index is 10.4. The summed E-state index contributed by atoms with van der Waals surface area (Å²) in [7, 11) is 0. The summed E-state index contributed by atoms with van der Waals surface area (Å²) in [6, 6.07) is 1.93. The van der Waals surface area contributed by atoms with Gasteiger partial charge in [0.15, 0.2) is 0 Å². The zero-order valence-corrected chi connectivity index (χ0v) is 8.82. The molecule has 2 aromatic heterocycles. The summed E-state index contributed by atoms with van der Waals surface area (Å²) in [5.74, 6) is -0.168. The molecule has 0 unspecified atom stereocenters. The van der Waals surface area contributed by atoms with Crippen LogP contribution in [0.15, 0.2) is 12.4 Å². The number of aromatic amines is 1. The number of hydrogen-bond donors (Lipinski definition) is 3. The Morgan fingerprint density at radius 1 is 1.56 bits per heavy atom. The summed E-state index contributed by atoms with van der Waals surface area (Å²) in [5.41, 5.74) is 1.75. The Hall–Kier alpha value is -2.11. The summed E-state index contributed by atoms with van der Waals surface area (Å²) in [4.78, 5) is 21.6. The van der Waals surface area contributed by atoms with Crippen LogP contribution in [0, 0.1) is 6.92 Å². The van der Waals surface area contributed by atoms with Crippen molar-refractivity contribution in [1.82, 2.24) is 15.0 Å². The van der Waals surface area contributed by atoms with E-state index in [0.717, 1.165) is 16.7 Å². The molecule has 0 aliphatic heterocycles. The number of carbonyl (C=O) groups is 1. The van der Waals surface area contributed by atoms with Crippen molar-refractivity contribution in [3.8, 4) is 0 Å². The van der Waals surface area contributed by atoms with E-state index in [1.807, 2.05) is 13.0 Å². The highest BCUT2D eigenvalue weighted by Gasteiger charge is 2.06. The number of H-pyrrole nitrogens is 1. The molecule has 6 heteroatoms. The smallest absolute Gasteiger partial charge is 0.305 e. The molecule has 0 amide bonds. The molecule has 2 rings (SSSR count). The van der Waals surface area contributed by atoms with Crippen LogP contribution in [0.4, 0.5) is 5.82 Å². The van der Waals surface area contributed by atoms with E-state index < -0.39 is 5.97 Å². The highest BCUT2D eigenvalue weighted by atomic mass is 16.4. The van der Waals surface area contributed by atoms with Gasteiger partial charge in [0.2, 0.25) is 0 Å². The topological polar surface area (TPSA) is 90.9 Å². The second-order valence-electron chi connectivity index (χ2n) is 3.51. The number of anilines is 1. The van der Waals surface area contributed by atoms with Crippen molar-refractivity contribution < 1.29 is 9.90 Å². The number of rotatable bonds is 4. The molecule has 2 aromatic rings. The number of hydrogen-bond acceptors (Lipinski definition) is 4. The van der Waals surface area contributed by atoms with Crippen molar-refractivity contribution >= 4 is 22.8 Å². The van der Waals surface area contributed by atoms with Gasteiger partial charge in [-0.25, -0.2) is 9.97 Å². The van der Waals surface area contributed by atoms with Crippen LogP contribution in [0.3, 0.4) is 0 Å². The molecule has 0 radical (unpaired) electrons. The third-order valence-electron chi connectivity index (χ3n) is 2.19. The molecule has 0 spiro atoms. The van der Waals surface area contributed by atoms with Crippen molar-refractivity contribution in [1.29, 1.82) is 0 Å². The van der Waals surface area contributed by atoms with Gasteiger partial charge in [0, 0.05) is 12.2 Å². The van der Waals surface area contributed by atoms with Crippen molar-refractivity contribution in [2.75, 3.05) is 11.9 Å². The van der Waals surface area contributed by atoms with E-state index in [0.29, 0.717) is 12.4 Å². The van der Waals surface area contributed by atoms with Gasteiger partial charge in [0.05, 0.1) is 11.8 Å². The van der Waals surface area contributed by atoms with Gasteiger partial charge in [-0.1, -0.05) is 0 Å². The highest BCUT2D eigenvalue weighted by molar-refractivity contribution is 5.87. The largest absolute Gasteiger partial charge is 0.481 e. The SMILES string of the molecule is Cc1cc2c(NCCC(=O)O)ncnc2[nH]1. The molecule has 6 nitrogen and oxygen atoms in total. The molecule has 0 bridgehead atoms. The van der Waals surface area contributed by atoms with E-state index in [9.17, 15) is 4.79 Å². The minimum absolute atomic E-state index is 0.0644. The maximum Gasteiger partial charge on any atom is 0.305 e. The molecule has 0 atom stereocenters. The minimum Gasteiger partial charge on any atom is -0.481 e. The van der Waals surface area contributed by atoms with Gasteiger partial charge >= 0.3 is 5.97 Å². The van der Waals surface area contributed by atoms with Gasteiger partial charge in [0.1, 0.15) is 17.8 Å². The zero-order chi connectivity index (χ0) is 11.5. The predicted octanol–water partition coefficient (Wildman–Crippen LogP) is 1.15. The maximum absolute atomic E-state index is 10.4. The second kappa shape index (κ2) is 4.18. The number of nitrogens with zero attached hydrogens (tertiary/aromatic N) is 2. The van der Waals surface area contributed by atoms with Crippen LogP contribution in [0.2, 0.25) is 0 Å². The lowest BCUT2D eigenvalue weighted by molar-refractivity contribution is -0.136. The number of carboxylic acid groups (broad SMARTS) is 1. The number of nitrogens with one attached hydrogen (secondary N) is 2. The van der Waals surface area contributed by atoms with Crippen molar-refractivity contribution in [3.63, 3.8) is 0 Å². The quantitative estimate of drug-likeness (QED) is 0.719. The summed E-state index contributed by atoms with van der Waals surface area (Å²) in [6.45, 7) is 2.29. The Morgan fingerprint density at radius 2 is 2.38 bits per heavy atom. The molecule has 16 heavy (non-hydrogen) atoms. The van der Waals surface area contributed by atoms with E-state index >= 15 is 0 Å². The zero-order valence-electron chi connectivity index (χ0n) is 8.82. The monoisotopic (exact) mass is 220 g/mol. The minimum atomic E-state index is -0.831. The van der Waals surface area contributed by atoms with E-state index in [1.54, 1.807) is 0 Å². The number of aliphatic carboxylic acids is 1. The Morgan fingerprint density at radius 3 is 3.12 bits per heavy atom. The van der Waals surface area contributed by atoms with Gasteiger partial charge in [0.25, 0.3) is 0 Å². The summed E-state index contributed by atoms with van der Waals surface area (Å²) in [5, 5.41) is 12.4. The summed E-state index contributed by atoms with van der Waals surface area (Å²) >= 11 is 0. The molecule has 0 aromatic carbocycles. The second-order valence-corrected chi connectivity index (χ2v) is 3.51. The molecule has 0 saturated heterocycles. The molecule has 0 saturated carbocycles. The molecule has 0 aliphatic carbocycles. The fourth-order valence-corrected chi connectivity index (χ4v) is 1.50. The van der Waals surface area contributed by atoms with Gasteiger partial charge < -0.3 is 15.4 Å². The fraction of sp³-hybridized carbons (Fsp3) is 0.300. The van der Waals surface area contributed by atoms with Crippen LogP contribution in [0.5, 0.6) is 0 Å². The third-order valence-corrected chi connectivity index (χ3v) is 2.19. The molecule has 84 valence electrons. The first-order valence-corrected chi connectivity index (χ1v) is 4.93. The Kier molecular flexibility index (Phi) is 2.72. The predicted molar refractivity (Wildman–Crippen MR) is 59.4 cm³/mol. The first-order valence-electron chi connectivity index (χ1n) is 4.93. The lowest BCUT2D eigenvalue weighted by Crippen LogP contribution is -2.08. The average Bonchev–Trinajstić information content (AvgIpc) is 2.58. The van der Waals surface area contributed by atoms with E-state index in [-0.39, 0.29) is 6.42 Å². The molecule has 2 heterocycles. The van der Waals surface area contributed by atoms with Gasteiger partial charge in [-0.2, -0.15) is 0 Å². The molecular weight excluding hydrogens is 208 g/mol. The number of carboxylic acids is 1. The van der Waals surface area contributed by atoms with Crippen molar-refractivity contribution in [3.05, 3.63) is 18.1 Å². The first kappa shape index (κ1) is 10.4. The summed E-state index contributed by atoms with van der Waals surface area (Å²) < 4.78 is 0. The normalized spacial score (nSPS) is 10.6. The number of aromatic nitrogens is 3. The molecule has 3 N–H and O–H groups in total. The van der Waals surface area contributed by atoms with Crippen LogP contribution < -0.4 is 5.32 Å². The highest BCUT2D eigenvalue weighted by Crippen LogP contribution is 2.19. The van der Waals surface area contributed by atoms with Gasteiger partial charge in [-0.3, -0.25) is 4.79 Å². The molecule has 0 aliphatic rings. The van der Waals surface area contributed by atoms with Crippen LogP contribution in [-0.2, 0) is 4.79 Å². The standard InChI is InChI=1S/C10H12N4O2/c1-6-4-7-9(11-3-2-8(15)16)12-5-13-10(7)14-6/h4-5H,2-3H2,1H3,(H,15,16)(H2,11,12,13,14).